The van der Waals surface area contributed by atoms with E-state index in [1.165, 1.54) is 12.3 Å². The van der Waals surface area contributed by atoms with Crippen molar-refractivity contribution in [3.05, 3.63) is 59.4 Å². The largest absolute Gasteiger partial charge is 0.462 e. The Labute approximate surface area is 170 Å². The van der Waals surface area contributed by atoms with Crippen LogP contribution in [0.1, 0.15) is 57.9 Å². The number of benzene rings is 1. The van der Waals surface area contributed by atoms with Crippen molar-refractivity contribution in [1.82, 2.24) is 9.88 Å². The standard InChI is InChI=1S/C22H25N3O4/c1-3-29-22(28)17-6-4-5-7-18(17)24-20(26)19-14-16(8-11-23-19)21(27)25-12-9-15(2)10-13-25/h4-8,11,14-15H,3,9-10,12-13H2,1-2H3,(H,24,26). The Morgan fingerprint density at radius 1 is 1.17 bits per heavy atom. The molecule has 152 valence electrons. The van der Waals surface area contributed by atoms with Gasteiger partial charge in [-0.3, -0.25) is 14.6 Å². The van der Waals surface area contributed by atoms with Crippen molar-refractivity contribution in [1.29, 1.82) is 0 Å². The van der Waals surface area contributed by atoms with Crippen LogP contribution in [0.5, 0.6) is 0 Å². The molecular formula is C22H25N3O4. The number of pyridine rings is 1. The number of carbonyl (C=O) groups excluding carboxylic acids is 3. The Hall–Kier alpha value is -3.22. The lowest BCUT2D eigenvalue weighted by Gasteiger charge is -2.30. The van der Waals surface area contributed by atoms with Gasteiger partial charge in [0, 0.05) is 24.8 Å². The summed E-state index contributed by atoms with van der Waals surface area (Å²) in [4.78, 5) is 43.4. The summed E-state index contributed by atoms with van der Waals surface area (Å²) >= 11 is 0. The minimum absolute atomic E-state index is 0.0970. The Bertz CT molecular complexity index is 904. The number of para-hydroxylation sites is 1. The van der Waals surface area contributed by atoms with Crippen LogP contribution in [0.15, 0.2) is 42.6 Å². The lowest BCUT2D eigenvalue weighted by Crippen LogP contribution is -2.38. The quantitative estimate of drug-likeness (QED) is 0.784. The molecule has 1 saturated heterocycles. The highest BCUT2D eigenvalue weighted by Gasteiger charge is 2.23. The van der Waals surface area contributed by atoms with Crippen molar-refractivity contribution >= 4 is 23.5 Å². The highest BCUT2D eigenvalue weighted by atomic mass is 16.5. The summed E-state index contributed by atoms with van der Waals surface area (Å²) in [5, 5.41) is 2.69. The molecule has 0 atom stereocenters. The average Bonchev–Trinajstić information content (AvgIpc) is 2.74. The summed E-state index contributed by atoms with van der Waals surface area (Å²) in [6.07, 6.45) is 3.41. The minimum atomic E-state index is -0.514. The second-order valence-corrected chi connectivity index (χ2v) is 7.12. The van der Waals surface area contributed by atoms with E-state index in [0.717, 1.165) is 25.9 Å². The molecule has 1 aromatic carbocycles. The molecule has 2 amide bonds. The fourth-order valence-electron chi connectivity index (χ4n) is 3.25. The van der Waals surface area contributed by atoms with Gasteiger partial charge in [-0.15, -0.1) is 0 Å². The lowest BCUT2D eigenvalue weighted by atomic mass is 9.98. The summed E-state index contributed by atoms with van der Waals surface area (Å²) in [5.41, 5.74) is 1.13. The third-order valence-corrected chi connectivity index (χ3v) is 4.98. The second kappa shape index (κ2) is 9.32. The Morgan fingerprint density at radius 2 is 1.90 bits per heavy atom. The molecule has 0 unspecified atom stereocenters. The van der Waals surface area contributed by atoms with Crippen molar-refractivity contribution in [2.45, 2.75) is 26.7 Å². The van der Waals surface area contributed by atoms with Gasteiger partial charge in [-0.05, 0) is 49.9 Å². The van der Waals surface area contributed by atoms with Crippen LogP contribution < -0.4 is 5.32 Å². The molecule has 1 aromatic heterocycles. The van der Waals surface area contributed by atoms with Crippen LogP contribution in [0.3, 0.4) is 0 Å². The van der Waals surface area contributed by atoms with Crippen LogP contribution in [0.25, 0.3) is 0 Å². The summed E-state index contributed by atoms with van der Waals surface area (Å²) in [6.45, 7) is 5.58. The summed E-state index contributed by atoms with van der Waals surface area (Å²) in [6, 6.07) is 9.71. The van der Waals surface area contributed by atoms with Crippen LogP contribution in [0.4, 0.5) is 5.69 Å². The number of ether oxygens (including phenoxy) is 1. The van der Waals surface area contributed by atoms with Crippen molar-refractivity contribution < 1.29 is 19.1 Å². The zero-order valence-corrected chi connectivity index (χ0v) is 16.7. The molecule has 0 bridgehead atoms. The second-order valence-electron chi connectivity index (χ2n) is 7.12. The number of nitrogens with zero attached hydrogens (tertiary/aromatic N) is 2. The molecule has 7 heteroatoms. The first-order valence-corrected chi connectivity index (χ1v) is 9.82. The molecule has 1 aliphatic rings. The van der Waals surface area contributed by atoms with E-state index in [1.807, 2.05) is 4.90 Å². The number of anilines is 1. The average molecular weight is 395 g/mol. The van der Waals surface area contributed by atoms with Crippen LogP contribution in [-0.2, 0) is 4.74 Å². The van der Waals surface area contributed by atoms with Gasteiger partial charge in [0.05, 0.1) is 17.9 Å². The molecular weight excluding hydrogens is 370 g/mol. The van der Waals surface area contributed by atoms with Gasteiger partial charge in [0.1, 0.15) is 5.69 Å². The van der Waals surface area contributed by atoms with Gasteiger partial charge >= 0.3 is 5.97 Å². The number of piperidine rings is 1. The molecule has 29 heavy (non-hydrogen) atoms. The molecule has 1 aliphatic heterocycles. The highest BCUT2D eigenvalue weighted by molar-refractivity contribution is 6.08. The van der Waals surface area contributed by atoms with E-state index in [-0.39, 0.29) is 23.8 Å². The Kier molecular flexibility index (Phi) is 6.59. The van der Waals surface area contributed by atoms with Gasteiger partial charge in [0.15, 0.2) is 0 Å². The van der Waals surface area contributed by atoms with Gasteiger partial charge in [0.25, 0.3) is 11.8 Å². The van der Waals surface area contributed by atoms with Crippen LogP contribution >= 0.6 is 0 Å². The molecule has 1 fully saturated rings. The van der Waals surface area contributed by atoms with Crippen molar-refractivity contribution in [3.63, 3.8) is 0 Å². The van der Waals surface area contributed by atoms with E-state index >= 15 is 0 Å². The summed E-state index contributed by atoms with van der Waals surface area (Å²) < 4.78 is 5.03. The van der Waals surface area contributed by atoms with Gasteiger partial charge in [-0.2, -0.15) is 0 Å². The number of hydrogen-bond donors (Lipinski definition) is 1. The SMILES string of the molecule is CCOC(=O)c1ccccc1NC(=O)c1cc(C(=O)N2CCC(C)CC2)ccn1. The third kappa shape index (κ3) is 4.99. The first-order chi connectivity index (χ1) is 14.0. The predicted octanol–water partition coefficient (Wildman–Crippen LogP) is 3.38. The monoisotopic (exact) mass is 395 g/mol. The van der Waals surface area contributed by atoms with Crippen molar-refractivity contribution in [2.24, 2.45) is 5.92 Å². The normalized spacial score (nSPS) is 14.3. The first kappa shape index (κ1) is 20.5. The van der Waals surface area contributed by atoms with Gasteiger partial charge < -0.3 is 15.0 Å². The summed E-state index contributed by atoms with van der Waals surface area (Å²) in [7, 11) is 0. The molecule has 2 heterocycles. The number of aromatic nitrogens is 1. The van der Waals surface area contributed by atoms with E-state index in [2.05, 4.69) is 17.2 Å². The smallest absolute Gasteiger partial charge is 0.340 e. The van der Waals surface area contributed by atoms with E-state index in [1.54, 1.807) is 37.3 Å². The third-order valence-electron chi connectivity index (χ3n) is 4.98. The number of carbonyl (C=O) groups is 3. The topological polar surface area (TPSA) is 88.6 Å². The Balaban J connectivity index is 1.75. The highest BCUT2D eigenvalue weighted by Crippen LogP contribution is 2.20. The fraction of sp³-hybridized carbons (Fsp3) is 0.364. The molecule has 0 spiro atoms. The maximum absolute atomic E-state index is 12.8. The van der Waals surface area contributed by atoms with E-state index in [0.29, 0.717) is 17.2 Å². The number of amides is 2. The van der Waals surface area contributed by atoms with Crippen LogP contribution in [-0.4, -0.2) is 47.4 Å². The van der Waals surface area contributed by atoms with E-state index in [9.17, 15) is 14.4 Å². The predicted molar refractivity (Wildman–Crippen MR) is 109 cm³/mol. The number of rotatable bonds is 5. The number of likely N-dealkylation sites (tertiary alicyclic amines) is 1. The number of esters is 1. The molecule has 0 radical (unpaired) electrons. The molecule has 1 N–H and O–H groups in total. The molecule has 0 aliphatic carbocycles. The Morgan fingerprint density at radius 3 is 2.62 bits per heavy atom. The summed E-state index contributed by atoms with van der Waals surface area (Å²) in [5.74, 6) is -0.485. The van der Waals surface area contributed by atoms with E-state index in [4.69, 9.17) is 4.74 Å². The minimum Gasteiger partial charge on any atom is -0.462 e. The van der Waals surface area contributed by atoms with E-state index < -0.39 is 11.9 Å². The number of nitrogens with one attached hydrogen (secondary N) is 1. The van der Waals surface area contributed by atoms with Crippen molar-refractivity contribution in [3.8, 4) is 0 Å². The zero-order chi connectivity index (χ0) is 20.8. The molecule has 2 aromatic rings. The number of hydrogen-bond acceptors (Lipinski definition) is 5. The maximum atomic E-state index is 12.8. The zero-order valence-electron chi connectivity index (χ0n) is 16.7. The van der Waals surface area contributed by atoms with Crippen LogP contribution in [0, 0.1) is 5.92 Å². The fourth-order valence-corrected chi connectivity index (χ4v) is 3.25. The lowest BCUT2D eigenvalue weighted by molar-refractivity contribution is 0.0527. The van der Waals surface area contributed by atoms with Gasteiger partial charge in [-0.1, -0.05) is 19.1 Å². The van der Waals surface area contributed by atoms with Gasteiger partial charge in [0.2, 0.25) is 0 Å². The molecule has 0 saturated carbocycles. The van der Waals surface area contributed by atoms with Crippen molar-refractivity contribution in [2.75, 3.05) is 25.0 Å². The first-order valence-electron chi connectivity index (χ1n) is 9.82. The molecule has 7 nitrogen and oxygen atoms in total. The maximum Gasteiger partial charge on any atom is 0.340 e. The van der Waals surface area contributed by atoms with Crippen LogP contribution in [0.2, 0.25) is 0 Å². The van der Waals surface area contributed by atoms with Gasteiger partial charge in [-0.25, -0.2) is 4.79 Å². The molecule has 3 rings (SSSR count).